The summed E-state index contributed by atoms with van der Waals surface area (Å²) in [6.07, 6.45) is 4.63. The zero-order valence-corrected chi connectivity index (χ0v) is 8.97. The molecule has 1 aliphatic carbocycles. The third kappa shape index (κ3) is 1.96. The van der Waals surface area contributed by atoms with Crippen LogP contribution in [0.15, 0.2) is 0 Å². The van der Waals surface area contributed by atoms with E-state index < -0.39 is 7.12 Å². The largest absolute Gasteiger partial charge is 0.454 e. The molecule has 0 aromatic heterocycles. The second-order valence-corrected chi connectivity index (χ2v) is 4.88. The van der Waals surface area contributed by atoms with E-state index in [9.17, 15) is 4.79 Å². The van der Waals surface area contributed by atoms with E-state index in [4.69, 9.17) is 10.0 Å². The number of hydrogen-bond acceptors (Lipinski definition) is 4. The number of hydrogen-bond donors (Lipinski definition) is 2. The van der Waals surface area contributed by atoms with Crippen LogP contribution in [0.25, 0.3) is 0 Å². The molecule has 2 N–H and O–H groups in total. The Morgan fingerprint density at radius 3 is 2.73 bits per heavy atom. The van der Waals surface area contributed by atoms with Crippen LogP contribution in [0.5, 0.6) is 0 Å². The fraction of sp³-hybridized carbons (Fsp3) is 0.900. The lowest BCUT2D eigenvalue weighted by atomic mass is 9.61. The lowest BCUT2D eigenvalue weighted by Gasteiger charge is -2.34. The Hall–Kier alpha value is -0.385. The third-order valence-corrected chi connectivity index (χ3v) is 4.05. The number of likely N-dealkylation sites (tertiary alicyclic amines) is 1. The monoisotopic (exact) mass is 210 g/mol. The Bertz CT molecular complexity index is 249. The van der Waals surface area contributed by atoms with Crippen LogP contribution in [0.2, 0.25) is 5.82 Å². The first kappa shape index (κ1) is 11.1. The SMILES string of the molecule is CN1CC([C]=O)C2CCC(B(O)O)CC21. The molecule has 0 bridgehead atoms. The molecule has 1 saturated heterocycles. The second kappa shape index (κ2) is 4.24. The number of nitrogens with zero attached hydrogens (tertiary/aromatic N) is 1. The first-order valence-corrected chi connectivity index (χ1v) is 5.57. The fourth-order valence-electron chi connectivity index (χ4n) is 3.15. The Morgan fingerprint density at radius 2 is 2.13 bits per heavy atom. The molecule has 5 heteroatoms. The van der Waals surface area contributed by atoms with Crippen LogP contribution in [-0.4, -0.2) is 48.0 Å². The Kier molecular flexibility index (Phi) is 3.14. The quantitative estimate of drug-likeness (QED) is 0.612. The van der Waals surface area contributed by atoms with Crippen molar-refractivity contribution in [2.24, 2.45) is 11.8 Å². The van der Waals surface area contributed by atoms with Gasteiger partial charge in [0, 0.05) is 18.5 Å². The average Bonchev–Trinajstić information content (AvgIpc) is 2.55. The molecule has 1 heterocycles. The van der Waals surface area contributed by atoms with E-state index in [2.05, 4.69) is 11.2 Å². The van der Waals surface area contributed by atoms with E-state index >= 15 is 0 Å². The van der Waals surface area contributed by atoms with E-state index in [1.54, 1.807) is 0 Å². The molecular weight excluding hydrogens is 193 g/mol. The molecule has 4 nitrogen and oxygen atoms in total. The summed E-state index contributed by atoms with van der Waals surface area (Å²) in [7, 11) is 0.792. The van der Waals surface area contributed by atoms with Gasteiger partial charge < -0.3 is 14.9 Å². The van der Waals surface area contributed by atoms with Gasteiger partial charge in [0.15, 0.2) is 0 Å². The van der Waals surface area contributed by atoms with E-state index in [0.717, 1.165) is 25.8 Å². The van der Waals surface area contributed by atoms with Gasteiger partial charge in [-0.05, 0) is 31.6 Å². The summed E-state index contributed by atoms with van der Waals surface area (Å²) in [6.45, 7) is 0.771. The predicted octanol–water partition coefficient (Wildman–Crippen LogP) is -0.331. The molecule has 0 amide bonds. The van der Waals surface area contributed by atoms with Crippen LogP contribution in [0, 0.1) is 11.8 Å². The standard InChI is InChI=1S/C10H17BNO3/c1-12-5-7(6-13)9-3-2-8(11(14)15)4-10(9)12/h7-10,14-15H,2-5H2,1H3. The molecule has 1 saturated carbocycles. The minimum absolute atomic E-state index is 0.0248. The number of rotatable bonds is 2. The predicted molar refractivity (Wildman–Crippen MR) is 56.9 cm³/mol. The highest BCUT2D eigenvalue weighted by Crippen LogP contribution is 2.43. The second-order valence-electron chi connectivity index (χ2n) is 4.88. The van der Waals surface area contributed by atoms with E-state index in [-0.39, 0.29) is 11.7 Å². The fourth-order valence-corrected chi connectivity index (χ4v) is 3.15. The summed E-state index contributed by atoms with van der Waals surface area (Å²) in [6, 6.07) is 0.331. The first-order chi connectivity index (χ1) is 7.13. The molecule has 1 radical (unpaired) electrons. The van der Waals surface area contributed by atoms with E-state index in [0.29, 0.717) is 12.0 Å². The van der Waals surface area contributed by atoms with Crippen molar-refractivity contribution in [3.05, 3.63) is 0 Å². The lowest BCUT2D eigenvalue weighted by molar-refractivity contribution is 0.197. The smallest absolute Gasteiger partial charge is 0.427 e. The van der Waals surface area contributed by atoms with Crippen LogP contribution in [0.1, 0.15) is 19.3 Å². The van der Waals surface area contributed by atoms with Crippen molar-refractivity contribution in [3.63, 3.8) is 0 Å². The molecule has 15 heavy (non-hydrogen) atoms. The average molecular weight is 210 g/mol. The molecule has 4 atom stereocenters. The molecule has 2 aliphatic rings. The summed E-state index contributed by atoms with van der Waals surface area (Å²) < 4.78 is 0. The number of fused-ring (bicyclic) bond motifs is 1. The van der Waals surface area contributed by atoms with Gasteiger partial charge in [-0.3, -0.25) is 4.79 Å². The van der Waals surface area contributed by atoms with Crippen LogP contribution < -0.4 is 0 Å². The molecule has 1 aliphatic heterocycles. The van der Waals surface area contributed by atoms with Gasteiger partial charge in [-0.15, -0.1) is 0 Å². The van der Waals surface area contributed by atoms with Gasteiger partial charge in [0.1, 0.15) is 0 Å². The Balaban J connectivity index is 2.05. The third-order valence-electron chi connectivity index (χ3n) is 4.05. The van der Waals surface area contributed by atoms with Crippen LogP contribution in [-0.2, 0) is 4.79 Å². The van der Waals surface area contributed by atoms with Crippen LogP contribution in [0.4, 0.5) is 0 Å². The van der Waals surface area contributed by atoms with Gasteiger partial charge in [0.2, 0.25) is 6.29 Å². The maximum atomic E-state index is 10.8. The maximum absolute atomic E-state index is 10.8. The van der Waals surface area contributed by atoms with E-state index in [1.165, 1.54) is 0 Å². The minimum atomic E-state index is -1.21. The van der Waals surface area contributed by atoms with Crippen molar-refractivity contribution >= 4 is 13.4 Å². The van der Waals surface area contributed by atoms with Gasteiger partial charge >= 0.3 is 7.12 Å². The van der Waals surface area contributed by atoms with Crippen molar-refractivity contribution in [2.75, 3.05) is 13.6 Å². The summed E-state index contributed by atoms with van der Waals surface area (Å²) >= 11 is 0. The van der Waals surface area contributed by atoms with Crippen molar-refractivity contribution in [3.8, 4) is 0 Å². The summed E-state index contributed by atoms with van der Waals surface area (Å²) in [4.78, 5) is 12.9. The van der Waals surface area contributed by atoms with Crippen molar-refractivity contribution in [2.45, 2.75) is 31.1 Å². The maximum Gasteiger partial charge on any atom is 0.454 e. The normalized spacial score (nSPS) is 41.3. The van der Waals surface area contributed by atoms with Gasteiger partial charge in [-0.1, -0.05) is 6.42 Å². The molecule has 83 valence electrons. The zero-order chi connectivity index (χ0) is 11.0. The van der Waals surface area contributed by atoms with Crippen LogP contribution in [0.3, 0.4) is 0 Å². The van der Waals surface area contributed by atoms with Crippen molar-refractivity contribution in [1.29, 1.82) is 0 Å². The van der Waals surface area contributed by atoms with Gasteiger partial charge in [-0.2, -0.15) is 0 Å². The molecular formula is C10H17BNO3. The number of carbonyl (C=O) groups excluding carboxylic acids is 1. The molecule has 0 aromatic carbocycles. The zero-order valence-electron chi connectivity index (χ0n) is 8.97. The topological polar surface area (TPSA) is 60.8 Å². The first-order valence-electron chi connectivity index (χ1n) is 5.57. The van der Waals surface area contributed by atoms with Crippen molar-refractivity contribution < 1.29 is 14.8 Å². The minimum Gasteiger partial charge on any atom is -0.427 e. The Labute approximate surface area is 90.4 Å². The molecule has 2 rings (SSSR count). The molecule has 4 unspecified atom stereocenters. The van der Waals surface area contributed by atoms with Crippen LogP contribution >= 0.6 is 0 Å². The lowest BCUT2D eigenvalue weighted by Crippen LogP contribution is -2.38. The highest BCUT2D eigenvalue weighted by molar-refractivity contribution is 6.43. The molecule has 0 spiro atoms. The van der Waals surface area contributed by atoms with Gasteiger partial charge in [-0.25, -0.2) is 0 Å². The van der Waals surface area contributed by atoms with Gasteiger partial charge in [0.05, 0.1) is 0 Å². The molecule has 0 aromatic rings. The highest BCUT2D eigenvalue weighted by atomic mass is 16.4. The summed E-state index contributed by atoms with van der Waals surface area (Å²) in [5.41, 5.74) is 0. The molecule has 2 fully saturated rings. The summed E-state index contributed by atoms with van der Waals surface area (Å²) in [5, 5.41) is 18.3. The van der Waals surface area contributed by atoms with Gasteiger partial charge in [0.25, 0.3) is 0 Å². The highest BCUT2D eigenvalue weighted by Gasteiger charge is 2.45. The Morgan fingerprint density at radius 1 is 1.40 bits per heavy atom. The van der Waals surface area contributed by atoms with E-state index in [1.807, 2.05) is 7.05 Å². The summed E-state index contributed by atoms with van der Waals surface area (Å²) in [5.74, 6) is 0.374. The van der Waals surface area contributed by atoms with Crippen molar-refractivity contribution in [1.82, 2.24) is 4.90 Å².